The van der Waals surface area contributed by atoms with Crippen molar-refractivity contribution in [3.63, 3.8) is 0 Å². The summed E-state index contributed by atoms with van der Waals surface area (Å²) in [5.74, 6) is -0.559. The summed E-state index contributed by atoms with van der Waals surface area (Å²) in [6.45, 7) is 6.92. The maximum atomic E-state index is 12.3. The Morgan fingerprint density at radius 1 is 1.20 bits per heavy atom. The third-order valence-electron chi connectivity index (χ3n) is 3.01. The van der Waals surface area contributed by atoms with Gasteiger partial charge in [-0.2, -0.15) is 0 Å². The number of aryl methyl sites for hydroxylation is 1. The van der Waals surface area contributed by atoms with Gasteiger partial charge in [0.15, 0.2) is 0 Å². The molecule has 0 aliphatic carbocycles. The van der Waals surface area contributed by atoms with Gasteiger partial charge in [-0.25, -0.2) is 0 Å². The Labute approximate surface area is 120 Å². The van der Waals surface area contributed by atoms with E-state index in [1.807, 2.05) is 45.0 Å². The third-order valence-corrected chi connectivity index (χ3v) is 3.01. The van der Waals surface area contributed by atoms with Crippen LogP contribution in [-0.4, -0.2) is 35.0 Å². The van der Waals surface area contributed by atoms with Crippen LogP contribution in [0.4, 0.5) is 0 Å². The first-order valence-electron chi connectivity index (χ1n) is 6.93. The number of benzene rings is 1. The van der Waals surface area contributed by atoms with Gasteiger partial charge in [0, 0.05) is 13.1 Å². The second-order valence-corrected chi connectivity index (χ2v) is 5.54. The van der Waals surface area contributed by atoms with E-state index in [1.54, 1.807) is 4.90 Å². The zero-order valence-electron chi connectivity index (χ0n) is 12.4. The zero-order valence-corrected chi connectivity index (χ0v) is 12.4. The van der Waals surface area contributed by atoms with Crippen molar-refractivity contribution < 1.29 is 14.7 Å². The molecule has 0 aliphatic rings. The first-order chi connectivity index (χ1) is 9.38. The lowest BCUT2D eigenvalue weighted by atomic mass is 10.1. The van der Waals surface area contributed by atoms with Crippen LogP contribution in [-0.2, 0) is 16.0 Å². The van der Waals surface area contributed by atoms with Crippen LogP contribution in [0.3, 0.4) is 0 Å². The fraction of sp³-hybridized carbons (Fsp3) is 0.500. The molecule has 0 saturated carbocycles. The molecular formula is C16H23NO3. The minimum atomic E-state index is -0.873. The van der Waals surface area contributed by atoms with Crippen LogP contribution < -0.4 is 0 Å². The SMILES string of the molecule is Cc1ccc(CC(=O)N(CCC(=O)O)CC(C)C)cc1. The van der Waals surface area contributed by atoms with E-state index in [-0.39, 0.29) is 18.9 Å². The molecule has 4 nitrogen and oxygen atoms in total. The monoisotopic (exact) mass is 277 g/mol. The molecule has 0 radical (unpaired) electrons. The predicted octanol–water partition coefficient (Wildman–Crippen LogP) is 2.50. The van der Waals surface area contributed by atoms with Crippen molar-refractivity contribution in [2.45, 2.75) is 33.6 Å². The Hall–Kier alpha value is -1.84. The van der Waals surface area contributed by atoms with Gasteiger partial charge in [0.1, 0.15) is 0 Å². The Morgan fingerprint density at radius 2 is 1.80 bits per heavy atom. The Bertz CT molecular complexity index is 451. The molecule has 1 amide bonds. The molecule has 0 aromatic heterocycles. The molecule has 4 heteroatoms. The van der Waals surface area contributed by atoms with Gasteiger partial charge in [-0.15, -0.1) is 0 Å². The average molecular weight is 277 g/mol. The van der Waals surface area contributed by atoms with Crippen molar-refractivity contribution in [1.82, 2.24) is 4.90 Å². The number of hydrogen-bond donors (Lipinski definition) is 1. The van der Waals surface area contributed by atoms with Crippen molar-refractivity contribution >= 4 is 11.9 Å². The van der Waals surface area contributed by atoms with Crippen molar-refractivity contribution in [2.75, 3.05) is 13.1 Å². The molecule has 110 valence electrons. The maximum Gasteiger partial charge on any atom is 0.305 e. The van der Waals surface area contributed by atoms with Crippen LogP contribution >= 0.6 is 0 Å². The van der Waals surface area contributed by atoms with Crippen LogP contribution in [0.15, 0.2) is 24.3 Å². The van der Waals surface area contributed by atoms with Gasteiger partial charge in [0.05, 0.1) is 12.8 Å². The summed E-state index contributed by atoms with van der Waals surface area (Å²) in [6.07, 6.45) is 0.318. The van der Waals surface area contributed by atoms with E-state index < -0.39 is 5.97 Å². The topological polar surface area (TPSA) is 57.6 Å². The highest BCUT2D eigenvalue weighted by molar-refractivity contribution is 5.79. The van der Waals surface area contributed by atoms with E-state index >= 15 is 0 Å². The normalized spacial score (nSPS) is 10.6. The Balaban J connectivity index is 2.66. The summed E-state index contributed by atoms with van der Waals surface area (Å²) < 4.78 is 0. The lowest BCUT2D eigenvalue weighted by Gasteiger charge is -2.24. The highest BCUT2D eigenvalue weighted by Gasteiger charge is 2.16. The molecule has 0 unspecified atom stereocenters. The number of hydrogen-bond acceptors (Lipinski definition) is 2. The summed E-state index contributed by atoms with van der Waals surface area (Å²) in [6, 6.07) is 7.84. The number of aliphatic carboxylic acids is 1. The molecule has 1 aromatic rings. The highest BCUT2D eigenvalue weighted by Crippen LogP contribution is 2.08. The molecule has 0 atom stereocenters. The molecule has 20 heavy (non-hydrogen) atoms. The van der Waals surface area contributed by atoms with Gasteiger partial charge in [-0.3, -0.25) is 9.59 Å². The summed E-state index contributed by atoms with van der Waals surface area (Å²) in [4.78, 5) is 24.6. The molecule has 1 N–H and O–H groups in total. The van der Waals surface area contributed by atoms with Crippen molar-refractivity contribution in [3.8, 4) is 0 Å². The zero-order chi connectivity index (χ0) is 15.1. The van der Waals surface area contributed by atoms with E-state index in [0.29, 0.717) is 18.9 Å². The average Bonchev–Trinajstić information content (AvgIpc) is 2.36. The molecule has 0 spiro atoms. The molecule has 1 rings (SSSR count). The number of carboxylic acid groups (broad SMARTS) is 1. The van der Waals surface area contributed by atoms with Gasteiger partial charge in [0.2, 0.25) is 5.91 Å². The first kappa shape index (κ1) is 16.2. The van der Waals surface area contributed by atoms with Gasteiger partial charge in [-0.05, 0) is 18.4 Å². The van der Waals surface area contributed by atoms with Crippen LogP contribution in [0.2, 0.25) is 0 Å². The lowest BCUT2D eigenvalue weighted by Crippen LogP contribution is -2.37. The van der Waals surface area contributed by atoms with Gasteiger partial charge >= 0.3 is 5.97 Å². The largest absolute Gasteiger partial charge is 0.481 e. The third kappa shape index (κ3) is 5.87. The standard InChI is InChI=1S/C16H23NO3/c1-12(2)11-17(9-8-16(19)20)15(18)10-14-6-4-13(3)5-7-14/h4-7,12H,8-11H2,1-3H3,(H,19,20). The maximum absolute atomic E-state index is 12.3. The molecular weight excluding hydrogens is 254 g/mol. The van der Waals surface area contributed by atoms with Gasteiger partial charge < -0.3 is 10.0 Å². The van der Waals surface area contributed by atoms with Crippen LogP contribution in [0.1, 0.15) is 31.4 Å². The summed E-state index contributed by atoms with van der Waals surface area (Å²) in [7, 11) is 0. The van der Waals surface area contributed by atoms with E-state index in [9.17, 15) is 9.59 Å². The quantitative estimate of drug-likeness (QED) is 0.833. The summed E-state index contributed by atoms with van der Waals surface area (Å²) >= 11 is 0. The van der Waals surface area contributed by atoms with Crippen LogP contribution in [0.25, 0.3) is 0 Å². The van der Waals surface area contributed by atoms with Gasteiger partial charge in [0.25, 0.3) is 0 Å². The van der Waals surface area contributed by atoms with Crippen LogP contribution in [0.5, 0.6) is 0 Å². The van der Waals surface area contributed by atoms with E-state index in [0.717, 1.165) is 11.1 Å². The first-order valence-corrected chi connectivity index (χ1v) is 6.93. The fourth-order valence-corrected chi connectivity index (χ4v) is 1.98. The molecule has 0 fully saturated rings. The number of amides is 1. The van der Waals surface area contributed by atoms with E-state index in [1.165, 1.54) is 0 Å². The number of nitrogens with zero attached hydrogens (tertiary/aromatic N) is 1. The molecule has 1 aromatic carbocycles. The molecule has 0 aliphatic heterocycles. The molecule has 0 heterocycles. The van der Waals surface area contributed by atoms with Gasteiger partial charge in [-0.1, -0.05) is 43.7 Å². The summed E-state index contributed by atoms with van der Waals surface area (Å²) in [5.41, 5.74) is 2.12. The number of rotatable bonds is 7. The molecule has 0 bridgehead atoms. The van der Waals surface area contributed by atoms with Crippen molar-refractivity contribution in [2.24, 2.45) is 5.92 Å². The smallest absolute Gasteiger partial charge is 0.305 e. The number of carbonyl (C=O) groups is 2. The second-order valence-electron chi connectivity index (χ2n) is 5.54. The lowest BCUT2D eigenvalue weighted by molar-refractivity contribution is -0.138. The Morgan fingerprint density at radius 3 is 2.30 bits per heavy atom. The van der Waals surface area contributed by atoms with Crippen molar-refractivity contribution in [1.29, 1.82) is 0 Å². The van der Waals surface area contributed by atoms with Crippen molar-refractivity contribution in [3.05, 3.63) is 35.4 Å². The Kier molecular flexibility index (Phi) is 6.22. The minimum absolute atomic E-state index is 0.00758. The fourth-order valence-electron chi connectivity index (χ4n) is 1.98. The number of carbonyl (C=O) groups excluding carboxylic acids is 1. The van der Waals surface area contributed by atoms with E-state index in [4.69, 9.17) is 5.11 Å². The second kappa shape index (κ2) is 7.68. The summed E-state index contributed by atoms with van der Waals surface area (Å²) in [5, 5.41) is 8.76. The molecule has 0 saturated heterocycles. The minimum Gasteiger partial charge on any atom is -0.481 e. The van der Waals surface area contributed by atoms with Crippen LogP contribution in [0, 0.1) is 12.8 Å². The highest BCUT2D eigenvalue weighted by atomic mass is 16.4. The predicted molar refractivity (Wildman–Crippen MR) is 78.6 cm³/mol. The number of carboxylic acids is 1. The van der Waals surface area contributed by atoms with E-state index in [2.05, 4.69) is 0 Å².